The van der Waals surface area contributed by atoms with Crippen LogP contribution < -0.4 is 10.6 Å². The molecule has 2 aromatic rings. The number of benzene rings is 1. The maximum atomic E-state index is 13.0. The highest BCUT2D eigenvalue weighted by atomic mass is 16.3. The minimum atomic E-state index is -0.314. The molecule has 1 fully saturated rings. The Bertz CT molecular complexity index is 1060. The summed E-state index contributed by atoms with van der Waals surface area (Å²) >= 11 is 0. The molecule has 2 amide bonds. The molecule has 1 atom stereocenters. The first-order chi connectivity index (χ1) is 15.4. The molecule has 1 aromatic heterocycles. The number of aliphatic imine (C=N–C) groups is 1. The minimum absolute atomic E-state index is 0.0642. The standard InChI is InChI=1S/C25H29N3O4/c1-15(29)27-24-13-18-12-17(8-9-20(18)28-24)22-10-11-23(32-22)21(30)14-19(25(31)26-2)16-6-4-3-5-7-16/h8-12,16,19H,3-7,13-14H2,1-2H3,(H,26,31)(H,27,28,29)/t19-/m0/s1. The molecule has 0 bridgehead atoms. The van der Waals surface area contributed by atoms with Gasteiger partial charge in [0.2, 0.25) is 11.8 Å². The van der Waals surface area contributed by atoms with Crippen molar-refractivity contribution < 1.29 is 18.8 Å². The van der Waals surface area contributed by atoms with Crippen LogP contribution in [0.2, 0.25) is 0 Å². The van der Waals surface area contributed by atoms with E-state index in [1.165, 1.54) is 13.3 Å². The van der Waals surface area contributed by atoms with E-state index in [0.29, 0.717) is 18.0 Å². The third kappa shape index (κ3) is 4.82. The third-order valence-electron chi connectivity index (χ3n) is 6.39. The number of carbonyl (C=O) groups is 3. The molecule has 7 nitrogen and oxygen atoms in total. The fraction of sp³-hybridized carbons (Fsp3) is 0.440. The van der Waals surface area contributed by atoms with Crippen LogP contribution in [0.1, 0.15) is 61.6 Å². The second kappa shape index (κ2) is 9.51. The van der Waals surface area contributed by atoms with Crippen LogP contribution in [0, 0.1) is 11.8 Å². The van der Waals surface area contributed by atoms with E-state index in [4.69, 9.17) is 4.42 Å². The summed E-state index contributed by atoms with van der Waals surface area (Å²) in [6, 6.07) is 9.21. The molecule has 7 heteroatoms. The van der Waals surface area contributed by atoms with Crippen molar-refractivity contribution in [1.82, 2.24) is 10.6 Å². The van der Waals surface area contributed by atoms with Crippen LogP contribution in [0.25, 0.3) is 11.3 Å². The molecule has 1 saturated carbocycles. The van der Waals surface area contributed by atoms with Crippen LogP contribution in [-0.2, 0) is 16.0 Å². The zero-order valence-corrected chi connectivity index (χ0v) is 18.6. The van der Waals surface area contributed by atoms with Gasteiger partial charge < -0.3 is 15.1 Å². The molecule has 2 aliphatic rings. The Balaban J connectivity index is 1.46. The fourth-order valence-corrected chi connectivity index (χ4v) is 4.77. The van der Waals surface area contributed by atoms with Gasteiger partial charge in [-0.05, 0) is 54.7 Å². The maximum Gasteiger partial charge on any atom is 0.223 e. The second-order valence-corrected chi connectivity index (χ2v) is 8.67. The van der Waals surface area contributed by atoms with E-state index in [2.05, 4.69) is 15.6 Å². The SMILES string of the molecule is CNC(=O)[C@@H](CC(=O)c1ccc(-c2ccc3c(c2)CC(NC(C)=O)=N3)o1)C1CCCCC1. The lowest BCUT2D eigenvalue weighted by Crippen LogP contribution is -2.35. The number of Topliss-reactive ketones (excluding diaryl/α,β-unsaturated/α-hetero) is 1. The maximum absolute atomic E-state index is 13.0. The van der Waals surface area contributed by atoms with Crippen LogP contribution in [0.15, 0.2) is 39.7 Å². The number of hydrogen-bond donors (Lipinski definition) is 2. The van der Waals surface area contributed by atoms with Crippen molar-refractivity contribution in [2.75, 3.05) is 7.05 Å². The smallest absolute Gasteiger partial charge is 0.223 e. The number of amidine groups is 1. The molecule has 1 aromatic carbocycles. The summed E-state index contributed by atoms with van der Waals surface area (Å²) < 4.78 is 5.90. The number of nitrogens with zero attached hydrogens (tertiary/aromatic N) is 1. The molecule has 2 heterocycles. The Morgan fingerprint density at radius 2 is 1.91 bits per heavy atom. The number of rotatable bonds is 6. The summed E-state index contributed by atoms with van der Waals surface area (Å²) in [6.07, 6.45) is 6.12. The first kappa shape index (κ1) is 22.0. The van der Waals surface area contributed by atoms with Gasteiger partial charge in [-0.3, -0.25) is 14.4 Å². The molecule has 2 N–H and O–H groups in total. The number of nitrogens with one attached hydrogen (secondary N) is 2. The van der Waals surface area contributed by atoms with Gasteiger partial charge in [0.25, 0.3) is 0 Å². The highest BCUT2D eigenvalue weighted by Gasteiger charge is 2.32. The van der Waals surface area contributed by atoms with Crippen LogP contribution >= 0.6 is 0 Å². The van der Waals surface area contributed by atoms with E-state index >= 15 is 0 Å². The van der Waals surface area contributed by atoms with Gasteiger partial charge in [-0.25, -0.2) is 4.99 Å². The zero-order valence-electron chi connectivity index (χ0n) is 18.6. The van der Waals surface area contributed by atoms with Gasteiger partial charge >= 0.3 is 0 Å². The molecule has 1 aliphatic heterocycles. The number of amides is 2. The monoisotopic (exact) mass is 435 g/mol. The molecule has 0 radical (unpaired) electrons. The summed E-state index contributed by atoms with van der Waals surface area (Å²) in [6.45, 7) is 1.46. The Morgan fingerprint density at radius 3 is 2.62 bits per heavy atom. The van der Waals surface area contributed by atoms with Gasteiger partial charge in [0.05, 0.1) is 5.69 Å². The van der Waals surface area contributed by atoms with Crippen LogP contribution in [0.4, 0.5) is 5.69 Å². The number of carbonyl (C=O) groups excluding carboxylic acids is 3. The first-order valence-electron chi connectivity index (χ1n) is 11.3. The normalized spacial score (nSPS) is 16.8. The van der Waals surface area contributed by atoms with Gasteiger partial charge in [-0.15, -0.1) is 0 Å². The lowest BCUT2D eigenvalue weighted by atomic mass is 9.77. The Labute approximate surface area is 187 Å². The van der Waals surface area contributed by atoms with Crippen molar-refractivity contribution in [3.05, 3.63) is 41.7 Å². The van der Waals surface area contributed by atoms with Crippen molar-refractivity contribution in [2.24, 2.45) is 16.8 Å². The van der Waals surface area contributed by atoms with Crippen molar-refractivity contribution in [2.45, 2.75) is 51.9 Å². The number of furan rings is 1. The zero-order chi connectivity index (χ0) is 22.7. The highest BCUT2D eigenvalue weighted by molar-refractivity contribution is 6.02. The second-order valence-electron chi connectivity index (χ2n) is 8.67. The average molecular weight is 436 g/mol. The number of ketones is 1. The van der Waals surface area contributed by atoms with E-state index in [-0.39, 0.29) is 41.6 Å². The number of fused-ring (bicyclic) bond motifs is 1. The van der Waals surface area contributed by atoms with Gasteiger partial charge in [-0.2, -0.15) is 0 Å². The average Bonchev–Trinajstić information content (AvgIpc) is 3.43. The first-order valence-corrected chi connectivity index (χ1v) is 11.3. The highest BCUT2D eigenvalue weighted by Crippen LogP contribution is 2.34. The minimum Gasteiger partial charge on any atom is -0.453 e. The predicted octanol–water partition coefficient (Wildman–Crippen LogP) is 4.18. The van der Waals surface area contributed by atoms with Gasteiger partial charge in [0.1, 0.15) is 11.6 Å². The van der Waals surface area contributed by atoms with Gasteiger partial charge in [0, 0.05) is 38.3 Å². The molecular weight excluding hydrogens is 406 g/mol. The fourth-order valence-electron chi connectivity index (χ4n) is 4.77. The molecule has 168 valence electrons. The van der Waals surface area contributed by atoms with Crippen LogP contribution in [-0.4, -0.2) is 30.5 Å². The Morgan fingerprint density at radius 1 is 1.12 bits per heavy atom. The van der Waals surface area contributed by atoms with Crippen LogP contribution in [0.5, 0.6) is 0 Å². The molecular formula is C25H29N3O4. The molecule has 4 rings (SSSR count). The van der Waals surface area contributed by atoms with Crippen molar-refractivity contribution >= 4 is 29.1 Å². The molecule has 0 spiro atoms. The van der Waals surface area contributed by atoms with E-state index in [1.807, 2.05) is 18.2 Å². The Hall–Kier alpha value is -3.22. The largest absolute Gasteiger partial charge is 0.453 e. The molecule has 1 aliphatic carbocycles. The van der Waals surface area contributed by atoms with Gasteiger partial charge in [0.15, 0.2) is 11.5 Å². The lowest BCUT2D eigenvalue weighted by molar-refractivity contribution is -0.126. The number of hydrogen-bond acceptors (Lipinski definition) is 5. The predicted molar refractivity (Wildman–Crippen MR) is 122 cm³/mol. The molecule has 0 unspecified atom stereocenters. The summed E-state index contributed by atoms with van der Waals surface area (Å²) in [7, 11) is 1.63. The van der Waals surface area contributed by atoms with E-state index in [0.717, 1.165) is 42.5 Å². The lowest BCUT2D eigenvalue weighted by Gasteiger charge is -2.28. The summed E-state index contributed by atoms with van der Waals surface area (Å²) in [5, 5.41) is 5.47. The Kier molecular flexibility index (Phi) is 6.53. The topological polar surface area (TPSA) is 101 Å². The van der Waals surface area contributed by atoms with Crippen molar-refractivity contribution in [3.63, 3.8) is 0 Å². The third-order valence-corrected chi connectivity index (χ3v) is 6.39. The summed E-state index contributed by atoms with van der Waals surface area (Å²) in [5.74, 6) is 1.08. The van der Waals surface area contributed by atoms with Crippen molar-refractivity contribution in [1.29, 1.82) is 0 Å². The molecule has 0 saturated heterocycles. The van der Waals surface area contributed by atoms with E-state index in [9.17, 15) is 14.4 Å². The quantitative estimate of drug-likeness (QED) is 0.665. The van der Waals surface area contributed by atoms with Crippen LogP contribution in [0.3, 0.4) is 0 Å². The molecule has 32 heavy (non-hydrogen) atoms. The van der Waals surface area contributed by atoms with E-state index < -0.39 is 0 Å². The van der Waals surface area contributed by atoms with E-state index in [1.54, 1.807) is 19.2 Å². The van der Waals surface area contributed by atoms with Gasteiger partial charge in [-0.1, -0.05) is 19.3 Å². The summed E-state index contributed by atoms with van der Waals surface area (Å²) in [4.78, 5) is 41.1. The van der Waals surface area contributed by atoms with Crippen molar-refractivity contribution in [3.8, 4) is 11.3 Å². The summed E-state index contributed by atoms with van der Waals surface area (Å²) in [5.41, 5.74) is 2.66.